The molecule has 9 heteroatoms. The van der Waals surface area contributed by atoms with Gasteiger partial charge in [0, 0.05) is 23.3 Å². The quantitative estimate of drug-likeness (QED) is 0.642. The van der Waals surface area contributed by atoms with E-state index in [0.717, 1.165) is 17.6 Å². The molecular formula is C27H33N7O2. The van der Waals surface area contributed by atoms with Crippen LogP contribution in [0.15, 0.2) is 35.0 Å². The Balaban J connectivity index is 1.73. The van der Waals surface area contributed by atoms with Crippen LogP contribution in [0.4, 0.5) is 0 Å². The highest BCUT2D eigenvalue weighted by atomic mass is 16.2. The fourth-order valence-corrected chi connectivity index (χ4v) is 5.25. The predicted molar refractivity (Wildman–Crippen MR) is 139 cm³/mol. The van der Waals surface area contributed by atoms with E-state index in [1.807, 2.05) is 19.1 Å². The van der Waals surface area contributed by atoms with Gasteiger partial charge in [-0.25, -0.2) is 14.7 Å². The van der Waals surface area contributed by atoms with E-state index in [2.05, 4.69) is 60.6 Å². The minimum atomic E-state index is -0.485. The summed E-state index contributed by atoms with van der Waals surface area (Å²) in [7, 11) is 0. The molecule has 4 rings (SSSR count). The normalized spacial score (nSPS) is 20.9. The summed E-state index contributed by atoms with van der Waals surface area (Å²) >= 11 is 0. The number of dihydropyridines is 1. The molecule has 1 unspecified atom stereocenters. The van der Waals surface area contributed by atoms with Crippen LogP contribution in [-0.4, -0.2) is 49.9 Å². The van der Waals surface area contributed by atoms with Crippen molar-refractivity contribution in [3.05, 3.63) is 41.2 Å². The number of amides is 2. The second kappa shape index (κ2) is 9.43. The molecular weight excluding hydrogens is 454 g/mol. The average Bonchev–Trinajstić information content (AvgIpc) is 3.17. The Labute approximate surface area is 211 Å². The molecule has 0 aliphatic carbocycles. The Hall–Kier alpha value is -3.64. The van der Waals surface area contributed by atoms with Gasteiger partial charge in [0.1, 0.15) is 0 Å². The van der Waals surface area contributed by atoms with E-state index in [1.54, 1.807) is 17.8 Å². The molecule has 9 nitrogen and oxygen atoms in total. The van der Waals surface area contributed by atoms with Crippen molar-refractivity contribution in [1.82, 2.24) is 25.4 Å². The number of allylic oxidation sites excluding steroid dienone is 1. The lowest BCUT2D eigenvalue weighted by atomic mass is 9.82. The van der Waals surface area contributed by atoms with Crippen LogP contribution in [-0.2, 0) is 11.3 Å². The third kappa shape index (κ3) is 5.29. The third-order valence-electron chi connectivity index (χ3n) is 6.48. The molecule has 0 fully saturated rings. The zero-order chi connectivity index (χ0) is 26.3. The van der Waals surface area contributed by atoms with Gasteiger partial charge in [-0.15, -0.1) is 0 Å². The van der Waals surface area contributed by atoms with E-state index in [0.29, 0.717) is 34.5 Å². The van der Waals surface area contributed by atoms with E-state index >= 15 is 0 Å². The van der Waals surface area contributed by atoms with Crippen molar-refractivity contribution in [3.63, 3.8) is 0 Å². The number of hydrogen-bond donors (Lipinski definition) is 2. The number of aliphatic imine (C=N–C) groups is 1. The van der Waals surface area contributed by atoms with Crippen LogP contribution in [0.25, 0.3) is 16.6 Å². The SMILES string of the molecule is CC1=CC(C)=NC(=O)C1CNC(=O)c1cc(C2=CC(C)(C)NC(C)(C)C2)nc2c1cnn2CCC#N. The molecule has 0 aromatic carbocycles. The number of nitrogens with one attached hydrogen (secondary N) is 2. The van der Waals surface area contributed by atoms with Crippen LogP contribution in [0.2, 0.25) is 0 Å². The molecule has 2 aliphatic rings. The van der Waals surface area contributed by atoms with Crippen molar-refractivity contribution in [2.24, 2.45) is 10.9 Å². The van der Waals surface area contributed by atoms with E-state index in [9.17, 15) is 9.59 Å². The molecule has 0 bridgehead atoms. The number of nitrogens with zero attached hydrogens (tertiary/aromatic N) is 5. The lowest BCUT2D eigenvalue weighted by molar-refractivity contribution is -0.120. The molecule has 0 saturated heterocycles. The number of fused-ring (bicyclic) bond motifs is 1. The van der Waals surface area contributed by atoms with Gasteiger partial charge in [0.05, 0.1) is 47.8 Å². The van der Waals surface area contributed by atoms with Gasteiger partial charge in [-0.3, -0.25) is 9.59 Å². The summed E-state index contributed by atoms with van der Waals surface area (Å²) in [5.74, 6) is -1.04. The Kier molecular flexibility index (Phi) is 6.67. The zero-order valence-corrected chi connectivity index (χ0v) is 21.8. The Bertz CT molecular complexity index is 1370. The summed E-state index contributed by atoms with van der Waals surface area (Å²) < 4.78 is 1.67. The summed E-state index contributed by atoms with van der Waals surface area (Å²) in [6.45, 7) is 12.7. The summed E-state index contributed by atoms with van der Waals surface area (Å²) in [6, 6.07) is 3.95. The second-order valence-corrected chi connectivity index (χ2v) is 10.9. The first-order valence-electron chi connectivity index (χ1n) is 12.2. The molecule has 1 atom stereocenters. The Morgan fingerprint density at radius 2 is 2.06 bits per heavy atom. The number of carbonyl (C=O) groups excluding carboxylic acids is 2. The molecule has 0 spiro atoms. The van der Waals surface area contributed by atoms with Gasteiger partial charge in [-0.05, 0) is 65.7 Å². The van der Waals surface area contributed by atoms with E-state index in [-0.39, 0.29) is 35.9 Å². The maximum atomic E-state index is 13.5. The lowest BCUT2D eigenvalue weighted by Crippen LogP contribution is -2.53. The number of rotatable bonds is 6. The van der Waals surface area contributed by atoms with Crippen molar-refractivity contribution in [2.75, 3.05) is 6.54 Å². The van der Waals surface area contributed by atoms with E-state index < -0.39 is 5.92 Å². The van der Waals surface area contributed by atoms with Crippen molar-refractivity contribution >= 4 is 34.1 Å². The standard InChI is InChI=1S/C27H33N7O2/c1-16-10-17(2)31-25(36)20(16)14-29-24(35)19-11-22(18-12-26(3,4)33-27(5,6)13-18)32-23-21(19)15-30-34(23)9-7-8-28/h10-12,15,20,33H,7,9,13-14H2,1-6H3,(H,29,35). The number of aryl methyl sites for hydroxylation is 1. The first kappa shape index (κ1) is 25.5. The zero-order valence-electron chi connectivity index (χ0n) is 21.8. The maximum Gasteiger partial charge on any atom is 0.254 e. The number of aromatic nitrogens is 3. The lowest BCUT2D eigenvalue weighted by Gasteiger charge is -2.41. The summed E-state index contributed by atoms with van der Waals surface area (Å²) in [5, 5.41) is 20.7. The van der Waals surface area contributed by atoms with E-state index in [1.165, 1.54) is 0 Å². The molecule has 0 saturated carbocycles. The Morgan fingerprint density at radius 3 is 2.72 bits per heavy atom. The highest BCUT2D eigenvalue weighted by Crippen LogP contribution is 2.34. The Morgan fingerprint density at radius 1 is 1.31 bits per heavy atom. The summed E-state index contributed by atoms with van der Waals surface area (Å²) in [6.07, 6.45) is 6.66. The number of nitriles is 1. The van der Waals surface area contributed by atoms with Crippen molar-refractivity contribution in [3.8, 4) is 6.07 Å². The van der Waals surface area contributed by atoms with Gasteiger partial charge in [0.2, 0.25) is 0 Å². The molecule has 4 heterocycles. The fraction of sp³-hybridized carbons (Fsp3) is 0.481. The number of hydrogen-bond acceptors (Lipinski definition) is 6. The van der Waals surface area contributed by atoms with Crippen molar-refractivity contribution in [2.45, 2.75) is 72.0 Å². The molecule has 2 N–H and O–H groups in total. The predicted octanol–water partition coefficient (Wildman–Crippen LogP) is 3.57. The van der Waals surface area contributed by atoms with Gasteiger partial charge >= 0.3 is 0 Å². The van der Waals surface area contributed by atoms with Crippen LogP contribution in [0.1, 0.15) is 70.4 Å². The van der Waals surface area contributed by atoms with Gasteiger partial charge < -0.3 is 10.6 Å². The minimum Gasteiger partial charge on any atom is -0.351 e. The number of pyridine rings is 1. The monoisotopic (exact) mass is 487 g/mol. The fourth-order valence-electron chi connectivity index (χ4n) is 5.25. The topological polar surface area (TPSA) is 125 Å². The summed E-state index contributed by atoms with van der Waals surface area (Å²) in [5.41, 5.74) is 3.90. The van der Waals surface area contributed by atoms with Crippen LogP contribution >= 0.6 is 0 Å². The first-order valence-corrected chi connectivity index (χ1v) is 12.2. The second-order valence-electron chi connectivity index (χ2n) is 10.9. The van der Waals surface area contributed by atoms with Crippen molar-refractivity contribution < 1.29 is 9.59 Å². The third-order valence-corrected chi connectivity index (χ3v) is 6.48. The van der Waals surface area contributed by atoms with E-state index in [4.69, 9.17) is 10.2 Å². The molecule has 2 aliphatic heterocycles. The van der Waals surface area contributed by atoms with Gasteiger partial charge in [-0.2, -0.15) is 10.4 Å². The van der Waals surface area contributed by atoms with Gasteiger partial charge in [0.15, 0.2) is 5.65 Å². The molecule has 36 heavy (non-hydrogen) atoms. The van der Waals surface area contributed by atoms with Crippen molar-refractivity contribution in [1.29, 1.82) is 5.26 Å². The highest BCUT2D eigenvalue weighted by molar-refractivity contribution is 6.07. The van der Waals surface area contributed by atoms with Crippen LogP contribution < -0.4 is 10.6 Å². The van der Waals surface area contributed by atoms with Gasteiger partial charge in [0.25, 0.3) is 11.8 Å². The maximum absolute atomic E-state index is 13.5. The van der Waals surface area contributed by atoms with Crippen LogP contribution in [0.3, 0.4) is 0 Å². The molecule has 188 valence electrons. The molecule has 2 amide bonds. The minimum absolute atomic E-state index is 0.155. The first-order chi connectivity index (χ1) is 16.9. The molecule has 2 aromatic rings. The highest BCUT2D eigenvalue weighted by Gasteiger charge is 2.33. The number of carbonyl (C=O) groups is 2. The van der Waals surface area contributed by atoms with Crippen LogP contribution in [0.5, 0.6) is 0 Å². The smallest absolute Gasteiger partial charge is 0.254 e. The largest absolute Gasteiger partial charge is 0.351 e. The average molecular weight is 488 g/mol. The summed E-state index contributed by atoms with van der Waals surface area (Å²) in [4.78, 5) is 34.8. The van der Waals surface area contributed by atoms with Crippen LogP contribution in [0, 0.1) is 17.2 Å². The van der Waals surface area contributed by atoms with Gasteiger partial charge in [-0.1, -0.05) is 11.6 Å². The molecule has 2 aromatic heterocycles. The molecule has 0 radical (unpaired) electrons.